The fourth-order valence-corrected chi connectivity index (χ4v) is 5.21. The second kappa shape index (κ2) is 8.63. The van der Waals surface area contributed by atoms with Crippen molar-refractivity contribution in [2.45, 2.75) is 36.6 Å². The maximum absolute atomic E-state index is 13.1. The first kappa shape index (κ1) is 20.6. The van der Waals surface area contributed by atoms with Crippen LogP contribution in [0, 0.1) is 5.92 Å². The van der Waals surface area contributed by atoms with E-state index in [4.69, 9.17) is 4.74 Å². The molecule has 0 aliphatic carbocycles. The van der Waals surface area contributed by atoms with Crippen molar-refractivity contribution in [3.8, 4) is 0 Å². The lowest BCUT2D eigenvalue weighted by Gasteiger charge is -2.31. The minimum Gasteiger partial charge on any atom is -0.381 e. The number of carbonyl (C=O) groups excluding carboxylic acids is 2. The van der Waals surface area contributed by atoms with E-state index in [0.29, 0.717) is 18.9 Å². The highest BCUT2D eigenvalue weighted by atomic mass is 32.2. The topological polar surface area (TPSA) is 106 Å². The van der Waals surface area contributed by atoms with Gasteiger partial charge in [0, 0.05) is 38.4 Å². The Bertz CT molecular complexity index is 1000. The summed E-state index contributed by atoms with van der Waals surface area (Å²) in [6.07, 6.45) is 5.19. The minimum absolute atomic E-state index is 0.0753. The average molecular weight is 429 g/mol. The normalized spacial score (nSPS) is 19.3. The van der Waals surface area contributed by atoms with Crippen LogP contribution in [0.5, 0.6) is 0 Å². The molecular formula is C21H23N3O5S. The van der Waals surface area contributed by atoms with Crippen molar-refractivity contribution in [3.63, 3.8) is 0 Å². The molecule has 1 atom stereocenters. The number of hydrogen-bond donors (Lipinski definition) is 1. The molecule has 0 spiro atoms. The molecule has 2 aliphatic heterocycles. The van der Waals surface area contributed by atoms with Crippen LogP contribution in [0.1, 0.15) is 37.3 Å². The van der Waals surface area contributed by atoms with Crippen LogP contribution in [0.2, 0.25) is 0 Å². The van der Waals surface area contributed by atoms with E-state index < -0.39 is 16.1 Å². The van der Waals surface area contributed by atoms with Gasteiger partial charge >= 0.3 is 0 Å². The summed E-state index contributed by atoms with van der Waals surface area (Å²) >= 11 is 0. The molecule has 3 heterocycles. The first-order valence-electron chi connectivity index (χ1n) is 9.91. The Hall–Kier alpha value is -2.62. The lowest BCUT2D eigenvalue weighted by atomic mass is 9.88. The van der Waals surface area contributed by atoms with E-state index in [2.05, 4.69) is 9.71 Å². The molecule has 2 aromatic rings. The molecule has 2 saturated heterocycles. The largest absolute Gasteiger partial charge is 0.381 e. The van der Waals surface area contributed by atoms with Crippen LogP contribution in [-0.4, -0.2) is 38.4 Å². The zero-order valence-corrected chi connectivity index (χ0v) is 17.2. The molecule has 2 fully saturated rings. The summed E-state index contributed by atoms with van der Waals surface area (Å²) in [5.74, 6) is -0.452. The van der Waals surface area contributed by atoms with Gasteiger partial charge in [-0.05, 0) is 54.7 Å². The summed E-state index contributed by atoms with van der Waals surface area (Å²) in [7, 11) is -3.83. The third-order valence-electron chi connectivity index (χ3n) is 5.52. The number of pyridine rings is 1. The number of hydrogen-bond acceptors (Lipinski definition) is 6. The Morgan fingerprint density at radius 3 is 2.30 bits per heavy atom. The van der Waals surface area contributed by atoms with E-state index in [1.807, 2.05) is 6.07 Å². The van der Waals surface area contributed by atoms with Crippen molar-refractivity contribution in [2.24, 2.45) is 5.92 Å². The molecule has 2 aliphatic rings. The van der Waals surface area contributed by atoms with Crippen LogP contribution in [0.15, 0.2) is 53.7 Å². The molecule has 1 aromatic carbocycles. The monoisotopic (exact) mass is 429 g/mol. The van der Waals surface area contributed by atoms with Gasteiger partial charge in [-0.1, -0.05) is 6.07 Å². The first-order valence-corrected chi connectivity index (χ1v) is 11.4. The number of anilines is 1. The number of carbonyl (C=O) groups is 2. The maximum Gasteiger partial charge on any atom is 0.241 e. The molecule has 8 nitrogen and oxygen atoms in total. The van der Waals surface area contributed by atoms with Gasteiger partial charge in [-0.15, -0.1) is 0 Å². The number of amides is 2. The van der Waals surface area contributed by atoms with Crippen molar-refractivity contribution in [1.82, 2.24) is 9.71 Å². The van der Waals surface area contributed by atoms with Crippen LogP contribution >= 0.6 is 0 Å². The van der Waals surface area contributed by atoms with Gasteiger partial charge in [0.05, 0.1) is 16.6 Å². The minimum atomic E-state index is -3.83. The lowest BCUT2D eigenvalue weighted by molar-refractivity contribution is -0.121. The number of sulfonamides is 1. The van der Waals surface area contributed by atoms with E-state index >= 15 is 0 Å². The van der Waals surface area contributed by atoms with Gasteiger partial charge in [-0.2, -0.15) is 0 Å². The van der Waals surface area contributed by atoms with E-state index in [-0.39, 0.29) is 35.5 Å². The fraction of sp³-hybridized carbons (Fsp3) is 0.381. The molecule has 4 rings (SSSR count). The predicted molar refractivity (Wildman–Crippen MR) is 109 cm³/mol. The molecular weight excluding hydrogens is 406 g/mol. The molecule has 158 valence electrons. The summed E-state index contributed by atoms with van der Waals surface area (Å²) in [4.78, 5) is 29.1. The zero-order valence-electron chi connectivity index (χ0n) is 16.4. The highest BCUT2D eigenvalue weighted by Gasteiger charge is 2.32. The van der Waals surface area contributed by atoms with E-state index in [9.17, 15) is 18.0 Å². The molecule has 0 unspecified atom stereocenters. The van der Waals surface area contributed by atoms with Crippen molar-refractivity contribution in [1.29, 1.82) is 0 Å². The number of nitrogens with zero attached hydrogens (tertiary/aromatic N) is 2. The summed E-state index contributed by atoms with van der Waals surface area (Å²) in [5.41, 5.74) is 1.19. The molecule has 30 heavy (non-hydrogen) atoms. The van der Waals surface area contributed by atoms with E-state index in [0.717, 1.165) is 23.3 Å². The number of nitrogens with one attached hydrogen (secondary N) is 1. The van der Waals surface area contributed by atoms with Gasteiger partial charge in [-0.3, -0.25) is 19.5 Å². The van der Waals surface area contributed by atoms with Crippen LogP contribution in [0.3, 0.4) is 0 Å². The van der Waals surface area contributed by atoms with Gasteiger partial charge in [0.1, 0.15) is 0 Å². The SMILES string of the molecule is O=C1CCC(=O)N1c1ccc(S(=O)(=O)N[C@H](c2cccnc2)C2CCOCC2)cc1. The second-order valence-corrected chi connectivity index (χ2v) is 9.17. The summed E-state index contributed by atoms with van der Waals surface area (Å²) in [6, 6.07) is 9.04. The van der Waals surface area contributed by atoms with Gasteiger partial charge in [-0.25, -0.2) is 13.1 Å². The second-order valence-electron chi connectivity index (χ2n) is 7.45. The molecule has 1 aromatic heterocycles. The number of aromatic nitrogens is 1. The van der Waals surface area contributed by atoms with Crippen molar-refractivity contribution in [2.75, 3.05) is 18.1 Å². The molecule has 2 amide bonds. The summed E-state index contributed by atoms with van der Waals surface area (Å²) in [6.45, 7) is 1.19. The van der Waals surface area contributed by atoms with Crippen molar-refractivity contribution in [3.05, 3.63) is 54.4 Å². The van der Waals surface area contributed by atoms with Crippen molar-refractivity contribution >= 4 is 27.5 Å². The highest BCUT2D eigenvalue weighted by molar-refractivity contribution is 7.89. The first-order chi connectivity index (χ1) is 14.5. The quantitative estimate of drug-likeness (QED) is 0.706. The molecule has 9 heteroatoms. The number of benzene rings is 1. The predicted octanol–water partition coefficient (Wildman–Crippen LogP) is 2.18. The third-order valence-corrected chi connectivity index (χ3v) is 6.98. The Morgan fingerprint density at radius 1 is 1.03 bits per heavy atom. The summed E-state index contributed by atoms with van der Waals surface area (Å²) < 4.78 is 34.5. The average Bonchev–Trinajstić information content (AvgIpc) is 3.11. The van der Waals surface area contributed by atoms with Gasteiger partial charge in [0.15, 0.2) is 0 Å². The number of rotatable bonds is 6. The molecule has 0 bridgehead atoms. The summed E-state index contributed by atoms with van der Waals surface area (Å²) in [5, 5.41) is 0. The fourth-order valence-electron chi connectivity index (χ4n) is 3.92. The Kier molecular flexibility index (Phi) is 5.94. The van der Waals surface area contributed by atoms with E-state index in [1.165, 1.54) is 24.3 Å². The van der Waals surface area contributed by atoms with Gasteiger partial charge in [0.25, 0.3) is 0 Å². The van der Waals surface area contributed by atoms with E-state index in [1.54, 1.807) is 18.5 Å². The molecule has 0 radical (unpaired) electrons. The maximum atomic E-state index is 13.1. The third kappa shape index (κ3) is 4.28. The van der Waals surface area contributed by atoms with Crippen LogP contribution in [0.4, 0.5) is 5.69 Å². The lowest BCUT2D eigenvalue weighted by Crippen LogP contribution is -2.36. The number of ether oxygens (including phenoxy) is 1. The molecule has 1 N–H and O–H groups in total. The highest BCUT2D eigenvalue weighted by Crippen LogP contribution is 2.32. The van der Waals surface area contributed by atoms with Crippen LogP contribution in [-0.2, 0) is 24.3 Å². The van der Waals surface area contributed by atoms with Crippen molar-refractivity contribution < 1.29 is 22.7 Å². The van der Waals surface area contributed by atoms with Crippen LogP contribution < -0.4 is 9.62 Å². The van der Waals surface area contributed by atoms with Gasteiger partial charge < -0.3 is 4.74 Å². The molecule has 0 saturated carbocycles. The number of imide groups is 1. The Morgan fingerprint density at radius 2 is 1.70 bits per heavy atom. The Balaban J connectivity index is 1.58. The smallest absolute Gasteiger partial charge is 0.241 e. The van der Waals surface area contributed by atoms with Crippen LogP contribution in [0.25, 0.3) is 0 Å². The van der Waals surface area contributed by atoms with Gasteiger partial charge in [0.2, 0.25) is 21.8 Å². The standard InChI is InChI=1S/C21H23N3O5S/c25-19-7-8-20(26)24(19)17-3-5-18(6-4-17)30(27,28)23-21(15-9-12-29-13-10-15)16-2-1-11-22-14-16/h1-6,11,14-15,21,23H,7-10,12-13H2/t21-/m0/s1. The Labute approximate surface area is 175 Å². The zero-order chi connectivity index (χ0) is 21.1.